The maximum absolute atomic E-state index is 12.5. The third-order valence-corrected chi connectivity index (χ3v) is 3.97. The number of anilines is 3. The lowest BCUT2D eigenvalue weighted by molar-refractivity contribution is 0.102. The average Bonchev–Trinajstić information content (AvgIpc) is 2.56. The van der Waals surface area contributed by atoms with E-state index in [9.17, 15) is 4.79 Å². The van der Waals surface area contributed by atoms with Gasteiger partial charge in [0.2, 0.25) is 5.95 Å². The first-order chi connectivity index (χ1) is 12.0. The molecule has 0 spiro atoms. The van der Waals surface area contributed by atoms with Crippen molar-refractivity contribution in [2.45, 2.75) is 13.8 Å². The highest BCUT2D eigenvalue weighted by molar-refractivity contribution is 9.10. The van der Waals surface area contributed by atoms with E-state index in [4.69, 9.17) is 0 Å². The van der Waals surface area contributed by atoms with Crippen molar-refractivity contribution in [3.63, 3.8) is 0 Å². The zero-order valence-electron chi connectivity index (χ0n) is 13.9. The molecule has 0 aliphatic heterocycles. The molecule has 1 heterocycles. The van der Waals surface area contributed by atoms with Gasteiger partial charge in [-0.2, -0.15) is 0 Å². The fourth-order valence-corrected chi connectivity index (χ4v) is 2.67. The summed E-state index contributed by atoms with van der Waals surface area (Å²) in [6, 6.07) is 16.9. The number of carbonyl (C=O) groups is 1. The van der Waals surface area contributed by atoms with Crippen molar-refractivity contribution in [3.05, 3.63) is 76.0 Å². The third kappa shape index (κ3) is 4.64. The number of hydrogen-bond acceptors (Lipinski definition) is 4. The topological polar surface area (TPSA) is 66.9 Å². The number of carbonyl (C=O) groups excluding carboxylic acids is 1. The second kappa shape index (κ2) is 7.44. The Morgan fingerprint density at radius 3 is 2.44 bits per heavy atom. The van der Waals surface area contributed by atoms with Gasteiger partial charge in [-0.1, -0.05) is 39.7 Å². The predicted octanol–water partition coefficient (Wildman–Crippen LogP) is 4.85. The van der Waals surface area contributed by atoms with Gasteiger partial charge in [-0.25, -0.2) is 9.97 Å². The molecule has 3 rings (SSSR count). The molecular weight excluding hydrogens is 380 g/mol. The highest BCUT2D eigenvalue weighted by atomic mass is 79.9. The smallest absolute Gasteiger partial charge is 0.274 e. The number of nitrogens with zero attached hydrogens (tertiary/aromatic N) is 2. The number of halogens is 1. The predicted molar refractivity (Wildman–Crippen MR) is 103 cm³/mol. The largest absolute Gasteiger partial charge is 0.324 e. The molecule has 2 aromatic carbocycles. The van der Waals surface area contributed by atoms with Crippen LogP contribution in [-0.2, 0) is 0 Å². The summed E-state index contributed by atoms with van der Waals surface area (Å²) in [5.74, 6) is 0.110. The molecule has 1 aromatic heterocycles. The first-order valence-electron chi connectivity index (χ1n) is 7.76. The quantitative estimate of drug-likeness (QED) is 0.661. The van der Waals surface area contributed by atoms with Gasteiger partial charge in [0.25, 0.3) is 5.91 Å². The molecule has 0 atom stereocenters. The average molecular weight is 397 g/mol. The standard InChI is InChI=1S/C19H17BrN4O/c1-12-6-8-15(9-7-12)22-18(25)17-10-13(2)21-19(24-17)23-16-5-3-4-14(20)11-16/h3-11H,1-2H3,(H,22,25)(H,21,23,24). The molecule has 0 aliphatic carbocycles. The Kier molecular flexibility index (Phi) is 5.09. The number of benzene rings is 2. The van der Waals surface area contributed by atoms with E-state index in [0.717, 1.165) is 21.4 Å². The van der Waals surface area contributed by atoms with E-state index in [0.29, 0.717) is 17.3 Å². The summed E-state index contributed by atoms with van der Waals surface area (Å²) in [7, 11) is 0. The fraction of sp³-hybridized carbons (Fsp3) is 0.105. The lowest BCUT2D eigenvalue weighted by Crippen LogP contribution is -2.15. The van der Waals surface area contributed by atoms with Gasteiger partial charge in [0.15, 0.2) is 0 Å². The highest BCUT2D eigenvalue weighted by Crippen LogP contribution is 2.19. The summed E-state index contributed by atoms with van der Waals surface area (Å²) in [5.41, 5.74) is 3.72. The van der Waals surface area contributed by atoms with Gasteiger partial charge in [0.1, 0.15) is 5.69 Å². The molecule has 0 radical (unpaired) electrons. The maximum atomic E-state index is 12.5. The van der Waals surface area contributed by atoms with E-state index >= 15 is 0 Å². The Balaban J connectivity index is 1.80. The molecule has 0 bridgehead atoms. The Morgan fingerprint density at radius 1 is 0.960 bits per heavy atom. The summed E-state index contributed by atoms with van der Waals surface area (Å²) in [6.45, 7) is 3.83. The number of aromatic nitrogens is 2. The minimum Gasteiger partial charge on any atom is -0.324 e. The SMILES string of the molecule is Cc1ccc(NC(=O)c2cc(C)nc(Nc3cccc(Br)c3)n2)cc1. The van der Waals surface area contributed by atoms with Crippen LogP contribution >= 0.6 is 15.9 Å². The number of aryl methyl sites for hydroxylation is 2. The minimum atomic E-state index is -0.272. The maximum Gasteiger partial charge on any atom is 0.274 e. The highest BCUT2D eigenvalue weighted by Gasteiger charge is 2.11. The fourth-order valence-electron chi connectivity index (χ4n) is 2.27. The minimum absolute atomic E-state index is 0.272. The normalized spacial score (nSPS) is 10.4. The van der Waals surface area contributed by atoms with Gasteiger partial charge in [-0.3, -0.25) is 4.79 Å². The summed E-state index contributed by atoms with van der Waals surface area (Å²) in [5, 5.41) is 5.97. The van der Waals surface area contributed by atoms with Crippen LogP contribution < -0.4 is 10.6 Å². The van der Waals surface area contributed by atoms with Crippen LogP contribution in [0.25, 0.3) is 0 Å². The molecule has 3 aromatic rings. The van der Waals surface area contributed by atoms with E-state index < -0.39 is 0 Å². The number of hydrogen-bond donors (Lipinski definition) is 2. The summed E-state index contributed by atoms with van der Waals surface area (Å²) >= 11 is 3.42. The molecule has 1 amide bonds. The van der Waals surface area contributed by atoms with Crippen molar-refractivity contribution in [2.24, 2.45) is 0 Å². The monoisotopic (exact) mass is 396 g/mol. The van der Waals surface area contributed by atoms with Crippen LogP contribution in [0.15, 0.2) is 59.1 Å². The Bertz CT molecular complexity index is 910. The first kappa shape index (κ1) is 17.1. The second-order valence-electron chi connectivity index (χ2n) is 5.67. The van der Waals surface area contributed by atoms with Crippen molar-refractivity contribution in [1.82, 2.24) is 9.97 Å². The lowest BCUT2D eigenvalue weighted by atomic mass is 10.2. The van der Waals surface area contributed by atoms with E-state index in [1.54, 1.807) is 6.07 Å². The molecule has 0 fully saturated rings. The zero-order chi connectivity index (χ0) is 17.8. The number of nitrogens with one attached hydrogen (secondary N) is 2. The van der Waals surface area contributed by atoms with Crippen LogP contribution in [-0.4, -0.2) is 15.9 Å². The van der Waals surface area contributed by atoms with Gasteiger partial charge in [0.05, 0.1) is 0 Å². The van der Waals surface area contributed by atoms with Crippen molar-refractivity contribution in [1.29, 1.82) is 0 Å². The van der Waals surface area contributed by atoms with Crippen LogP contribution in [0.5, 0.6) is 0 Å². The second-order valence-corrected chi connectivity index (χ2v) is 6.59. The van der Waals surface area contributed by atoms with Crippen molar-refractivity contribution < 1.29 is 4.79 Å². The van der Waals surface area contributed by atoms with Crippen molar-refractivity contribution >= 4 is 39.2 Å². The summed E-state index contributed by atoms with van der Waals surface area (Å²) in [6.07, 6.45) is 0. The van der Waals surface area contributed by atoms with Gasteiger partial charge in [0, 0.05) is 21.5 Å². The van der Waals surface area contributed by atoms with E-state index in [-0.39, 0.29) is 5.91 Å². The molecule has 126 valence electrons. The number of amides is 1. The van der Waals surface area contributed by atoms with Crippen LogP contribution in [0, 0.1) is 13.8 Å². The Labute approximate surface area is 154 Å². The van der Waals surface area contributed by atoms with Crippen LogP contribution in [0.4, 0.5) is 17.3 Å². The summed E-state index contributed by atoms with van der Waals surface area (Å²) < 4.78 is 0.947. The van der Waals surface area contributed by atoms with Gasteiger partial charge in [-0.05, 0) is 50.2 Å². The van der Waals surface area contributed by atoms with Gasteiger partial charge >= 0.3 is 0 Å². The van der Waals surface area contributed by atoms with E-state index in [1.165, 1.54) is 0 Å². The first-order valence-corrected chi connectivity index (χ1v) is 8.55. The molecule has 2 N–H and O–H groups in total. The van der Waals surface area contributed by atoms with E-state index in [1.807, 2.05) is 62.4 Å². The molecule has 0 saturated carbocycles. The van der Waals surface area contributed by atoms with Crippen LogP contribution in [0.3, 0.4) is 0 Å². The van der Waals surface area contributed by atoms with Crippen LogP contribution in [0.1, 0.15) is 21.7 Å². The Hall–Kier alpha value is -2.73. The molecule has 6 heteroatoms. The zero-order valence-corrected chi connectivity index (χ0v) is 15.5. The molecule has 0 saturated heterocycles. The number of rotatable bonds is 4. The molecule has 0 aliphatic rings. The lowest BCUT2D eigenvalue weighted by Gasteiger charge is -2.09. The molecular formula is C19H17BrN4O. The van der Waals surface area contributed by atoms with Crippen LogP contribution in [0.2, 0.25) is 0 Å². The van der Waals surface area contributed by atoms with E-state index in [2.05, 4.69) is 36.5 Å². The molecule has 25 heavy (non-hydrogen) atoms. The Morgan fingerprint density at radius 2 is 1.72 bits per heavy atom. The van der Waals surface area contributed by atoms with Gasteiger partial charge in [-0.15, -0.1) is 0 Å². The van der Waals surface area contributed by atoms with Crippen molar-refractivity contribution in [3.8, 4) is 0 Å². The molecule has 5 nitrogen and oxygen atoms in total. The van der Waals surface area contributed by atoms with Crippen molar-refractivity contribution in [2.75, 3.05) is 10.6 Å². The molecule has 0 unspecified atom stereocenters. The third-order valence-electron chi connectivity index (χ3n) is 3.48. The summed E-state index contributed by atoms with van der Waals surface area (Å²) in [4.78, 5) is 21.1. The van der Waals surface area contributed by atoms with Gasteiger partial charge < -0.3 is 10.6 Å².